The molecular formula is C15H24BrNO2. The van der Waals surface area contributed by atoms with Crippen molar-refractivity contribution in [1.82, 2.24) is 5.32 Å². The molecule has 19 heavy (non-hydrogen) atoms. The molecule has 1 aromatic carbocycles. The van der Waals surface area contributed by atoms with E-state index in [9.17, 15) is 0 Å². The van der Waals surface area contributed by atoms with Crippen LogP contribution in [-0.2, 0) is 11.2 Å². The Morgan fingerprint density at radius 2 is 2.05 bits per heavy atom. The first-order valence-electron chi connectivity index (χ1n) is 6.77. The predicted octanol–water partition coefficient (Wildman–Crippen LogP) is 3.40. The maximum Gasteiger partial charge on any atom is 0.133 e. The van der Waals surface area contributed by atoms with Crippen LogP contribution < -0.4 is 10.1 Å². The predicted molar refractivity (Wildman–Crippen MR) is 83.0 cm³/mol. The Balaban J connectivity index is 2.77. The first-order chi connectivity index (χ1) is 9.15. The normalized spacial score (nSPS) is 14.2. The van der Waals surface area contributed by atoms with Crippen LogP contribution in [0.4, 0.5) is 0 Å². The number of hydrogen-bond acceptors (Lipinski definition) is 3. The number of halogens is 1. The molecule has 0 aliphatic rings. The maximum atomic E-state index is 5.79. The summed E-state index contributed by atoms with van der Waals surface area (Å²) in [6.07, 6.45) is 2.20. The molecule has 3 nitrogen and oxygen atoms in total. The smallest absolute Gasteiger partial charge is 0.133 e. The van der Waals surface area contributed by atoms with Gasteiger partial charge in [-0.25, -0.2) is 0 Å². The number of nitrogens with one attached hydrogen (secondary N) is 1. The molecule has 0 radical (unpaired) electrons. The molecule has 1 rings (SSSR count). The number of ether oxygens (including phenoxy) is 2. The second-order valence-electron chi connectivity index (χ2n) is 4.47. The molecule has 0 saturated carbocycles. The lowest BCUT2D eigenvalue weighted by atomic mass is 9.99. The molecule has 2 atom stereocenters. The average molecular weight is 330 g/mol. The van der Waals surface area contributed by atoms with Crippen molar-refractivity contribution in [2.24, 2.45) is 0 Å². The molecule has 0 amide bonds. The Labute approximate surface area is 124 Å². The molecule has 108 valence electrons. The van der Waals surface area contributed by atoms with Crippen molar-refractivity contribution in [1.29, 1.82) is 0 Å². The Morgan fingerprint density at radius 3 is 2.53 bits per heavy atom. The third-order valence-corrected chi connectivity index (χ3v) is 3.89. The summed E-state index contributed by atoms with van der Waals surface area (Å²) in [5.74, 6) is 0.863. The molecule has 0 aliphatic carbocycles. The fraction of sp³-hybridized carbons (Fsp3) is 0.600. The molecule has 0 fully saturated rings. The van der Waals surface area contributed by atoms with E-state index < -0.39 is 0 Å². The molecule has 2 unspecified atom stereocenters. The van der Waals surface area contributed by atoms with Gasteiger partial charge >= 0.3 is 0 Å². The number of rotatable bonds is 8. The molecule has 0 spiro atoms. The monoisotopic (exact) mass is 329 g/mol. The van der Waals surface area contributed by atoms with E-state index in [0.717, 1.165) is 29.7 Å². The molecular weight excluding hydrogens is 306 g/mol. The molecule has 4 heteroatoms. The number of benzene rings is 1. The van der Waals surface area contributed by atoms with Gasteiger partial charge in [-0.05, 0) is 60.4 Å². The van der Waals surface area contributed by atoms with E-state index >= 15 is 0 Å². The minimum atomic E-state index is 0.246. The quantitative estimate of drug-likeness (QED) is 0.792. The summed E-state index contributed by atoms with van der Waals surface area (Å²) < 4.78 is 12.0. The molecule has 0 saturated heterocycles. The highest BCUT2D eigenvalue weighted by Crippen LogP contribution is 2.26. The maximum absolute atomic E-state index is 5.79. The van der Waals surface area contributed by atoms with Crippen molar-refractivity contribution in [3.05, 3.63) is 28.2 Å². The largest absolute Gasteiger partial charge is 0.496 e. The van der Waals surface area contributed by atoms with E-state index in [0.29, 0.717) is 6.04 Å². The summed E-state index contributed by atoms with van der Waals surface area (Å²) in [6.45, 7) is 4.96. The Kier molecular flexibility index (Phi) is 7.42. The average Bonchev–Trinajstić information content (AvgIpc) is 2.42. The number of likely N-dealkylation sites (N-methyl/N-ethyl adjacent to an activating group) is 1. The number of methoxy groups -OCH3 is 1. The SMILES string of the molecule is CCOC(CC)C(Cc1ccc(OC)c(Br)c1)NC. The molecule has 0 aliphatic heterocycles. The van der Waals surface area contributed by atoms with Crippen LogP contribution in [0.3, 0.4) is 0 Å². The molecule has 1 aromatic rings. The highest BCUT2D eigenvalue weighted by molar-refractivity contribution is 9.10. The van der Waals surface area contributed by atoms with E-state index in [1.165, 1.54) is 5.56 Å². The van der Waals surface area contributed by atoms with Gasteiger partial charge in [0.25, 0.3) is 0 Å². The van der Waals surface area contributed by atoms with Crippen LogP contribution in [0.1, 0.15) is 25.8 Å². The van der Waals surface area contributed by atoms with Crippen molar-refractivity contribution < 1.29 is 9.47 Å². The van der Waals surface area contributed by atoms with Crippen molar-refractivity contribution in [3.63, 3.8) is 0 Å². The minimum absolute atomic E-state index is 0.246. The highest BCUT2D eigenvalue weighted by Gasteiger charge is 2.19. The molecule has 0 aromatic heterocycles. The summed E-state index contributed by atoms with van der Waals surface area (Å²) in [5, 5.41) is 3.36. The van der Waals surface area contributed by atoms with E-state index in [2.05, 4.69) is 40.3 Å². The van der Waals surface area contributed by atoms with Gasteiger partial charge in [-0.15, -0.1) is 0 Å². The van der Waals surface area contributed by atoms with E-state index in [-0.39, 0.29) is 6.10 Å². The van der Waals surface area contributed by atoms with Crippen molar-refractivity contribution >= 4 is 15.9 Å². The molecule has 0 heterocycles. The Bertz CT molecular complexity index is 384. The van der Waals surface area contributed by atoms with Gasteiger partial charge in [0.05, 0.1) is 17.7 Å². The Hall–Kier alpha value is -0.580. The van der Waals surface area contributed by atoms with Gasteiger partial charge in [-0.1, -0.05) is 13.0 Å². The van der Waals surface area contributed by atoms with Gasteiger partial charge in [-0.3, -0.25) is 0 Å². The van der Waals surface area contributed by atoms with Crippen molar-refractivity contribution in [2.75, 3.05) is 20.8 Å². The summed E-state index contributed by atoms with van der Waals surface area (Å²) in [6, 6.07) is 6.53. The van der Waals surface area contributed by atoms with Crippen LogP contribution in [0.15, 0.2) is 22.7 Å². The second kappa shape index (κ2) is 8.56. The van der Waals surface area contributed by atoms with Gasteiger partial charge in [0, 0.05) is 12.6 Å². The van der Waals surface area contributed by atoms with Crippen LogP contribution in [0, 0.1) is 0 Å². The van der Waals surface area contributed by atoms with Crippen LogP contribution >= 0.6 is 15.9 Å². The van der Waals surface area contributed by atoms with Crippen molar-refractivity contribution in [3.8, 4) is 5.75 Å². The van der Waals surface area contributed by atoms with E-state index in [1.54, 1.807) is 7.11 Å². The summed E-state index contributed by atoms with van der Waals surface area (Å²) >= 11 is 3.53. The lowest BCUT2D eigenvalue weighted by molar-refractivity contribution is 0.0339. The van der Waals surface area contributed by atoms with Gasteiger partial charge < -0.3 is 14.8 Å². The van der Waals surface area contributed by atoms with E-state index in [4.69, 9.17) is 9.47 Å². The summed E-state index contributed by atoms with van der Waals surface area (Å²) in [4.78, 5) is 0. The third kappa shape index (κ3) is 4.79. The third-order valence-electron chi connectivity index (χ3n) is 3.27. The zero-order valence-electron chi connectivity index (χ0n) is 12.2. The van der Waals surface area contributed by atoms with Crippen molar-refractivity contribution in [2.45, 2.75) is 38.8 Å². The van der Waals surface area contributed by atoms with Crippen LogP contribution in [0.5, 0.6) is 5.75 Å². The minimum Gasteiger partial charge on any atom is -0.496 e. The van der Waals surface area contributed by atoms with Crippen LogP contribution in [-0.4, -0.2) is 32.9 Å². The fourth-order valence-electron chi connectivity index (χ4n) is 2.24. The fourth-order valence-corrected chi connectivity index (χ4v) is 2.83. The zero-order valence-corrected chi connectivity index (χ0v) is 13.8. The van der Waals surface area contributed by atoms with Crippen LogP contribution in [0.2, 0.25) is 0 Å². The second-order valence-corrected chi connectivity index (χ2v) is 5.32. The van der Waals surface area contributed by atoms with Gasteiger partial charge in [0.1, 0.15) is 5.75 Å². The zero-order chi connectivity index (χ0) is 14.3. The standard InChI is InChI=1S/C15H24BrNO2/c1-5-14(19-6-2)13(17-3)10-11-7-8-15(18-4)12(16)9-11/h7-9,13-14,17H,5-6,10H2,1-4H3. The Morgan fingerprint density at radius 1 is 1.32 bits per heavy atom. The first kappa shape index (κ1) is 16.5. The van der Waals surface area contributed by atoms with Crippen LogP contribution in [0.25, 0.3) is 0 Å². The molecule has 1 N–H and O–H groups in total. The highest BCUT2D eigenvalue weighted by atomic mass is 79.9. The lowest BCUT2D eigenvalue weighted by Crippen LogP contribution is -2.40. The number of hydrogen-bond donors (Lipinski definition) is 1. The lowest BCUT2D eigenvalue weighted by Gasteiger charge is -2.26. The molecule has 0 bridgehead atoms. The first-order valence-corrected chi connectivity index (χ1v) is 7.56. The van der Waals surface area contributed by atoms with E-state index in [1.807, 2.05) is 20.0 Å². The topological polar surface area (TPSA) is 30.5 Å². The summed E-state index contributed by atoms with van der Waals surface area (Å²) in [7, 11) is 3.67. The van der Waals surface area contributed by atoms with Gasteiger partial charge in [0.2, 0.25) is 0 Å². The van der Waals surface area contributed by atoms with Gasteiger partial charge in [-0.2, -0.15) is 0 Å². The van der Waals surface area contributed by atoms with Gasteiger partial charge in [0.15, 0.2) is 0 Å². The summed E-state index contributed by atoms with van der Waals surface area (Å²) in [5.41, 5.74) is 1.27.